The van der Waals surface area contributed by atoms with Crippen molar-refractivity contribution in [3.8, 4) is 5.75 Å². The number of benzene rings is 1. The van der Waals surface area contributed by atoms with Crippen LogP contribution in [0.3, 0.4) is 0 Å². The fourth-order valence-corrected chi connectivity index (χ4v) is 3.34. The highest BCUT2D eigenvalue weighted by Gasteiger charge is 2.33. The van der Waals surface area contributed by atoms with E-state index in [1.54, 1.807) is 24.3 Å². The maximum Gasteiger partial charge on any atom is 0.306 e. The predicted octanol–water partition coefficient (Wildman–Crippen LogP) is 2.55. The molecule has 0 aliphatic carbocycles. The molecule has 2 atom stereocenters. The molecule has 6 heteroatoms. The number of carbonyl (C=O) groups is 2. The van der Waals surface area contributed by atoms with Crippen molar-refractivity contribution in [2.45, 2.75) is 19.8 Å². The van der Waals surface area contributed by atoms with Crippen LogP contribution in [-0.4, -0.2) is 42.1 Å². The molecule has 0 bridgehead atoms. The van der Waals surface area contributed by atoms with Gasteiger partial charge in [-0.1, -0.05) is 6.92 Å². The Hall–Kier alpha value is -2.50. The van der Waals surface area contributed by atoms with Crippen LogP contribution in [0.5, 0.6) is 5.75 Å². The van der Waals surface area contributed by atoms with E-state index in [1.807, 2.05) is 19.1 Å². The van der Waals surface area contributed by atoms with E-state index in [0.717, 1.165) is 10.9 Å². The first-order valence-electron chi connectivity index (χ1n) is 8.04. The molecule has 24 heavy (non-hydrogen) atoms. The maximum absolute atomic E-state index is 12.6. The Morgan fingerprint density at radius 1 is 1.42 bits per heavy atom. The highest BCUT2D eigenvalue weighted by Crippen LogP contribution is 2.28. The summed E-state index contributed by atoms with van der Waals surface area (Å²) in [5, 5.41) is 10.1. The van der Waals surface area contributed by atoms with Gasteiger partial charge in [0.25, 0.3) is 0 Å². The summed E-state index contributed by atoms with van der Waals surface area (Å²) in [7, 11) is 1.59. The Morgan fingerprint density at radius 3 is 2.88 bits per heavy atom. The van der Waals surface area contributed by atoms with Crippen LogP contribution in [0.25, 0.3) is 11.0 Å². The summed E-state index contributed by atoms with van der Waals surface area (Å²) in [5.41, 5.74) is 1.53. The standard InChI is InChI=1S/C18H21NO5/c1-11-9-19(6-5-14(11)18(21)22)17(20)7-12-10-24-16-8-13(23-2)3-4-15(12)16/h3-4,8,10-11,14H,5-7,9H2,1-2H3,(H,21,22). The smallest absolute Gasteiger partial charge is 0.306 e. The zero-order chi connectivity index (χ0) is 17.3. The fraction of sp³-hybridized carbons (Fsp3) is 0.444. The van der Waals surface area contributed by atoms with Crippen LogP contribution in [-0.2, 0) is 16.0 Å². The van der Waals surface area contributed by atoms with Crippen LogP contribution in [0.2, 0.25) is 0 Å². The maximum atomic E-state index is 12.6. The monoisotopic (exact) mass is 331 g/mol. The van der Waals surface area contributed by atoms with E-state index in [1.165, 1.54) is 0 Å². The second-order valence-electron chi connectivity index (χ2n) is 6.35. The molecule has 0 saturated carbocycles. The summed E-state index contributed by atoms with van der Waals surface area (Å²) in [6, 6.07) is 5.52. The minimum atomic E-state index is -0.774. The number of piperidine rings is 1. The third kappa shape index (κ3) is 3.09. The Kier molecular flexibility index (Phi) is 4.46. The van der Waals surface area contributed by atoms with Crippen LogP contribution < -0.4 is 4.74 Å². The molecule has 1 aliphatic rings. The van der Waals surface area contributed by atoms with Crippen molar-refractivity contribution >= 4 is 22.8 Å². The summed E-state index contributed by atoms with van der Waals surface area (Å²) in [5.74, 6) is -0.463. The molecule has 2 unspecified atom stereocenters. The van der Waals surface area contributed by atoms with Gasteiger partial charge in [0.05, 0.1) is 25.7 Å². The molecule has 1 aromatic carbocycles. The van der Waals surface area contributed by atoms with Crippen LogP contribution in [0, 0.1) is 11.8 Å². The lowest BCUT2D eigenvalue weighted by molar-refractivity contribution is -0.148. The minimum Gasteiger partial charge on any atom is -0.497 e. The summed E-state index contributed by atoms with van der Waals surface area (Å²) < 4.78 is 10.7. The Balaban J connectivity index is 1.70. The van der Waals surface area contributed by atoms with Crippen molar-refractivity contribution in [2.75, 3.05) is 20.2 Å². The molecule has 2 heterocycles. The van der Waals surface area contributed by atoms with Gasteiger partial charge in [0.1, 0.15) is 11.3 Å². The van der Waals surface area contributed by atoms with Crippen molar-refractivity contribution in [1.29, 1.82) is 0 Å². The van der Waals surface area contributed by atoms with Crippen molar-refractivity contribution in [2.24, 2.45) is 11.8 Å². The van der Waals surface area contributed by atoms with Crippen molar-refractivity contribution in [1.82, 2.24) is 4.90 Å². The number of carbonyl (C=O) groups excluding carboxylic acids is 1. The van der Waals surface area contributed by atoms with E-state index >= 15 is 0 Å². The van der Waals surface area contributed by atoms with E-state index in [0.29, 0.717) is 30.8 Å². The molecule has 1 N–H and O–H groups in total. The Labute approximate surface area is 140 Å². The number of furan rings is 1. The number of fused-ring (bicyclic) bond motifs is 1. The molecular weight excluding hydrogens is 310 g/mol. The first kappa shape index (κ1) is 16.4. The average Bonchev–Trinajstić information content (AvgIpc) is 2.96. The molecule has 6 nitrogen and oxygen atoms in total. The third-order valence-electron chi connectivity index (χ3n) is 4.78. The topological polar surface area (TPSA) is 80.0 Å². The summed E-state index contributed by atoms with van der Waals surface area (Å²) in [4.78, 5) is 25.5. The molecule has 3 rings (SSSR count). The molecule has 1 fully saturated rings. The lowest BCUT2D eigenvalue weighted by Crippen LogP contribution is -2.45. The van der Waals surface area contributed by atoms with Crippen LogP contribution in [0.4, 0.5) is 0 Å². The highest BCUT2D eigenvalue weighted by molar-refractivity contribution is 5.88. The number of nitrogens with zero attached hydrogens (tertiary/aromatic N) is 1. The van der Waals surface area contributed by atoms with Crippen molar-refractivity contribution in [3.05, 3.63) is 30.0 Å². The summed E-state index contributed by atoms with van der Waals surface area (Å²) in [6.07, 6.45) is 2.37. The lowest BCUT2D eigenvalue weighted by Gasteiger charge is -2.35. The van der Waals surface area contributed by atoms with E-state index < -0.39 is 5.97 Å². The number of ether oxygens (including phenoxy) is 1. The molecule has 1 saturated heterocycles. The fourth-order valence-electron chi connectivity index (χ4n) is 3.34. The van der Waals surface area contributed by atoms with Gasteiger partial charge in [0.2, 0.25) is 5.91 Å². The highest BCUT2D eigenvalue weighted by atomic mass is 16.5. The largest absolute Gasteiger partial charge is 0.497 e. The van der Waals surface area contributed by atoms with E-state index in [9.17, 15) is 14.7 Å². The zero-order valence-corrected chi connectivity index (χ0v) is 13.8. The minimum absolute atomic E-state index is 0.00390. The van der Waals surface area contributed by atoms with E-state index in [-0.39, 0.29) is 24.2 Å². The Bertz CT molecular complexity index is 766. The molecule has 0 radical (unpaired) electrons. The van der Waals surface area contributed by atoms with Gasteiger partial charge in [-0.3, -0.25) is 9.59 Å². The Morgan fingerprint density at radius 2 is 2.21 bits per heavy atom. The number of methoxy groups -OCH3 is 1. The number of amides is 1. The average molecular weight is 331 g/mol. The summed E-state index contributed by atoms with van der Waals surface area (Å²) in [6.45, 7) is 2.86. The first-order chi connectivity index (χ1) is 11.5. The number of carboxylic acids is 1. The van der Waals surface area contributed by atoms with Crippen molar-refractivity contribution in [3.63, 3.8) is 0 Å². The van der Waals surface area contributed by atoms with Gasteiger partial charge in [-0.25, -0.2) is 0 Å². The number of carboxylic acid groups (broad SMARTS) is 1. The van der Waals surface area contributed by atoms with Crippen LogP contribution in [0.15, 0.2) is 28.9 Å². The predicted molar refractivity (Wildman–Crippen MR) is 88.0 cm³/mol. The molecule has 1 amide bonds. The SMILES string of the molecule is COc1ccc2c(CC(=O)N3CCC(C(=O)O)C(C)C3)coc2c1. The van der Waals surface area contributed by atoms with Gasteiger partial charge >= 0.3 is 5.97 Å². The molecule has 128 valence electrons. The zero-order valence-electron chi connectivity index (χ0n) is 13.8. The van der Waals surface area contributed by atoms with Gasteiger partial charge in [0, 0.05) is 30.1 Å². The molecule has 1 aliphatic heterocycles. The number of hydrogen-bond donors (Lipinski definition) is 1. The van der Waals surface area contributed by atoms with Gasteiger partial charge in [-0.05, 0) is 24.5 Å². The quantitative estimate of drug-likeness (QED) is 0.931. The number of rotatable bonds is 4. The number of likely N-dealkylation sites (tertiary alicyclic amines) is 1. The van der Waals surface area contributed by atoms with Crippen LogP contribution >= 0.6 is 0 Å². The van der Waals surface area contributed by atoms with Crippen molar-refractivity contribution < 1.29 is 23.8 Å². The lowest BCUT2D eigenvalue weighted by atomic mass is 9.87. The second kappa shape index (κ2) is 6.55. The molecule has 2 aromatic rings. The number of aliphatic carboxylic acids is 1. The second-order valence-corrected chi connectivity index (χ2v) is 6.35. The third-order valence-corrected chi connectivity index (χ3v) is 4.78. The van der Waals surface area contributed by atoms with Gasteiger partial charge in [-0.15, -0.1) is 0 Å². The molecular formula is C18H21NO5. The van der Waals surface area contributed by atoms with E-state index in [4.69, 9.17) is 9.15 Å². The normalized spacial score (nSPS) is 21.0. The van der Waals surface area contributed by atoms with Gasteiger partial charge < -0.3 is 19.2 Å². The summed E-state index contributed by atoms with van der Waals surface area (Å²) >= 11 is 0. The number of hydrogen-bond acceptors (Lipinski definition) is 4. The van der Waals surface area contributed by atoms with E-state index in [2.05, 4.69) is 0 Å². The molecule has 1 aromatic heterocycles. The van der Waals surface area contributed by atoms with Gasteiger partial charge in [0.15, 0.2) is 0 Å². The molecule has 0 spiro atoms. The first-order valence-corrected chi connectivity index (χ1v) is 8.04. The van der Waals surface area contributed by atoms with Crippen LogP contribution in [0.1, 0.15) is 18.9 Å². The van der Waals surface area contributed by atoms with Gasteiger partial charge in [-0.2, -0.15) is 0 Å².